The maximum absolute atomic E-state index is 15.4. The topological polar surface area (TPSA) is 111 Å². The molecule has 0 spiro atoms. The van der Waals surface area contributed by atoms with Gasteiger partial charge in [-0.2, -0.15) is 0 Å². The van der Waals surface area contributed by atoms with E-state index in [0.29, 0.717) is 29.9 Å². The fourth-order valence-electron chi connectivity index (χ4n) is 7.33. The molecule has 11 heteroatoms. The van der Waals surface area contributed by atoms with Crippen LogP contribution in [0.15, 0.2) is 51.0 Å². The van der Waals surface area contributed by atoms with Crippen molar-refractivity contribution >= 4 is 41.6 Å². The Kier molecular flexibility index (Phi) is 8.38. The van der Waals surface area contributed by atoms with Crippen LogP contribution in [0.2, 0.25) is 18.1 Å². The third kappa shape index (κ3) is 5.12. The normalized spacial score (nSPS) is 24.1. The molecule has 1 saturated carbocycles. The lowest BCUT2D eigenvalue weighted by molar-refractivity contribution is -0.140. The van der Waals surface area contributed by atoms with Crippen LogP contribution in [0, 0.1) is 18.8 Å². The molecule has 3 aromatic rings. The summed E-state index contributed by atoms with van der Waals surface area (Å²) >= 11 is 3.60. The third-order valence-electron chi connectivity index (χ3n) is 10.7. The number of aliphatic hydroxyl groups excluding tert-OH is 1. The fraction of sp³-hybridized carbons (Fsp3) is 0.472. The molecule has 0 amide bonds. The van der Waals surface area contributed by atoms with E-state index in [2.05, 4.69) is 41.9 Å². The minimum Gasteiger partial charge on any atom is -0.507 e. The third-order valence-corrected chi connectivity index (χ3v) is 16.0. The van der Waals surface area contributed by atoms with E-state index >= 15 is 9.59 Å². The second-order valence-corrected chi connectivity index (χ2v) is 20.3. The van der Waals surface area contributed by atoms with Crippen LogP contribution in [0.25, 0.3) is 5.76 Å². The standard InChI is InChI=1S/C36H43BrN2O7Si/c1-19-24(37)17-25(43-7)22-15-21-16-23-29(39(5)6)31-28(34(38-45-31)44-18-20-13-11-10-12-14-20)33(42)36(23,46-47(8,9)35(2,3)4)32(41)27(21)30(40)26(19)22/h10-14,17,21,23,29,40H,15-16,18H2,1-9H3/t21-,23-,29-,36-/m0/s1. The molecule has 0 aliphatic heterocycles. The van der Waals surface area contributed by atoms with E-state index < -0.39 is 37.4 Å². The first kappa shape index (κ1) is 33.6. The van der Waals surface area contributed by atoms with Gasteiger partial charge in [0.1, 0.15) is 23.7 Å². The lowest BCUT2D eigenvalue weighted by Gasteiger charge is -2.55. The predicted molar refractivity (Wildman–Crippen MR) is 184 cm³/mol. The molecule has 2 aromatic carbocycles. The summed E-state index contributed by atoms with van der Waals surface area (Å²) < 4.78 is 25.8. The summed E-state index contributed by atoms with van der Waals surface area (Å²) in [5.41, 5.74) is 1.51. The lowest BCUT2D eigenvalue weighted by Crippen LogP contribution is -2.68. The first-order valence-corrected chi connectivity index (χ1v) is 19.7. The van der Waals surface area contributed by atoms with Crippen LogP contribution < -0.4 is 9.47 Å². The maximum Gasteiger partial charge on any atom is 0.265 e. The maximum atomic E-state index is 15.4. The predicted octanol–water partition coefficient (Wildman–Crippen LogP) is 7.62. The van der Waals surface area contributed by atoms with Gasteiger partial charge in [0.25, 0.3) is 5.88 Å². The Bertz CT molecular complexity index is 1790. The molecule has 4 atom stereocenters. The number of hydrogen-bond acceptors (Lipinski definition) is 9. The van der Waals surface area contributed by atoms with Crippen LogP contribution in [0.3, 0.4) is 0 Å². The molecule has 1 aromatic heterocycles. The molecular formula is C36H43BrN2O7Si. The van der Waals surface area contributed by atoms with Gasteiger partial charge in [0, 0.05) is 27.1 Å². The number of carbonyl (C=O) groups excluding carboxylic acids is 2. The van der Waals surface area contributed by atoms with E-state index in [1.807, 2.05) is 75.4 Å². The minimum atomic E-state index is -2.82. The van der Waals surface area contributed by atoms with Crippen LogP contribution in [0.5, 0.6) is 11.6 Å². The Morgan fingerprint density at radius 3 is 2.43 bits per heavy atom. The number of ether oxygens (including phenoxy) is 2. The number of carbonyl (C=O) groups is 2. The van der Waals surface area contributed by atoms with Gasteiger partial charge in [0.2, 0.25) is 11.6 Å². The molecule has 47 heavy (non-hydrogen) atoms. The van der Waals surface area contributed by atoms with E-state index in [-0.39, 0.29) is 40.3 Å². The zero-order chi connectivity index (χ0) is 34.2. The number of ketones is 2. The first-order chi connectivity index (χ1) is 22.0. The summed E-state index contributed by atoms with van der Waals surface area (Å²) in [6, 6.07) is 10.9. The number of benzene rings is 2. The number of rotatable bonds is 7. The molecule has 0 radical (unpaired) electrons. The van der Waals surface area contributed by atoms with Gasteiger partial charge in [-0.15, -0.1) is 0 Å². The molecule has 0 saturated heterocycles. The highest BCUT2D eigenvalue weighted by Crippen LogP contribution is 2.59. The number of Topliss-reactive ketones (excluding diaryl/α,β-unsaturated/α-hetero) is 2. The average molecular weight is 724 g/mol. The van der Waals surface area contributed by atoms with Gasteiger partial charge < -0.3 is 23.5 Å². The van der Waals surface area contributed by atoms with Crippen LogP contribution >= 0.6 is 15.9 Å². The van der Waals surface area contributed by atoms with E-state index in [9.17, 15) is 5.11 Å². The smallest absolute Gasteiger partial charge is 0.265 e. The van der Waals surface area contributed by atoms with Gasteiger partial charge in [0.05, 0.1) is 13.2 Å². The summed E-state index contributed by atoms with van der Waals surface area (Å²) in [5.74, 6) is -1.12. The SMILES string of the molecule is COc1cc(Br)c(C)c2c1C[C@H]1C[C@H]3[C@H](N(C)C)c4onc(OCc5ccccc5)c4C(=O)[C@@]3(O[Si](C)(C)C(C)(C)C)C(=O)C1=C2O. The van der Waals surface area contributed by atoms with Crippen molar-refractivity contribution in [3.8, 4) is 11.6 Å². The summed E-state index contributed by atoms with van der Waals surface area (Å²) in [4.78, 5) is 32.6. The number of fused-ring (bicyclic) bond motifs is 4. The van der Waals surface area contributed by atoms with Crippen LogP contribution in [-0.2, 0) is 22.2 Å². The first-order valence-electron chi connectivity index (χ1n) is 16.0. The van der Waals surface area contributed by atoms with Crippen LogP contribution in [0.4, 0.5) is 0 Å². The highest BCUT2D eigenvalue weighted by molar-refractivity contribution is 9.10. The quantitative estimate of drug-likeness (QED) is 0.194. The van der Waals surface area contributed by atoms with Gasteiger partial charge in [-0.25, -0.2) is 0 Å². The number of aliphatic hydroxyl groups is 1. The van der Waals surface area contributed by atoms with E-state index in [4.69, 9.17) is 18.4 Å². The Labute approximate surface area is 285 Å². The lowest BCUT2D eigenvalue weighted by atomic mass is 9.57. The summed E-state index contributed by atoms with van der Waals surface area (Å²) in [6.45, 7) is 12.4. The number of methoxy groups -OCH3 is 1. The second kappa shape index (κ2) is 11.7. The van der Waals surface area contributed by atoms with Gasteiger partial charge in [-0.3, -0.25) is 14.5 Å². The summed E-state index contributed by atoms with van der Waals surface area (Å²) in [5, 5.41) is 16.0. The Morgan fingerprint density at radius 2 is 1.81 bits per heavy atom. The van der Waals surface area contributed by atoms with E-state index in [1.165, 1.54) is 0 Å². The molecule has 3 aliphatic carbocycles. The van der Waals surface area contributed by atoms with Gasteiger partial charge in [0.15, 0.2) is 19.7 Å². The van der Waals surface area contributed by atoms with Crippen molar-refractivity contribution in [1.29, 1.82) is 0 Å². The monoisotopic (exact) mass is 722 g/mol. The molecule has 6 rings (SSSR count). The largest absolute Gasteiger partial charge is 0.507 e. The summed E-state index contributed by atoms with van der Waals surface area (Å²) in [7, 11) is 2.59. The van der Waals surface area contributed by atoms with Crippen molar-refractivity contribution in [2.75, 3.05) is 21.2 Å². The van der Waals surface area contributed by atoms with Crippen LogP contribution in [0.1, 0.15) is 71.6 Å². The Balaban J connectivity index is 1.59. The summed E-state index contributed by atoms with van der Waals surface area (Å²) in [6.07, 6.45) is 0.861. The number of halogens is 1. The molecule has 1 fully saturated rings. The van der Waals surface area contributed by atoms with Crippen molar-refractivity contribution in [3.05, 3.63) is 80.0 Å². The molecule has 0 unspecified atom stereocenters. The van der Waals surface area contributed by atoms with Gasteiger partial charge in [-0.05, 0) is 80.3 Å². The molecule has 250 valence electrons. The second-order valence-electron chi connectivity index (χ2n) is 14.7. The number of aromatic nitrogens is 1. The van der Waals surface area contributed by atoms with E-state index in [1.54, 1.807) is 7.11 Å². The molecule has 9 nitrogen and oxygen atoms in total. The number of hydrogen-bond donors (Lipinski definition) is 1. The minimum absolute atomic E-state index is 0.0315. The van der Waals surface area contributed by atoms with E-state index in [0.717, 1.165) is 21.2 Å². The van der Waals surface area contributed by atoms with Crippen molar-refractivity contribution in [2.24, 2.45) is 11.8 Å². The average Bonchev–Trinajstić information content (AvgIpc) is 3.42. The Morgan fingerprint density at radius 1 is 1.13 bits per heavy atom. The van der Waals surface area contributed by atoms with Crippen molar-refractivity contribution in [3.63, 3.8) is 0 Å². The van der Waals surface area contributed by atoms with Crippen LogP contribution in [-0.4, -0.2) is 61.9 Å². The van der Waals surface area contributed by atoms with Gasteiger partial charge >= 0.3 is 0 Å². The Hall–Kier alpha value is -3.25. The highest BCUT2D eigenvalue weighted by Gasteiger charge is 2.68. The number of nitrogens with zero attached hydrogens (tertiary/aromatic N) is 2. The molecule has 1 heterocycles. The zero-order valence-corrected chi connectivity index (χ0v) is 31.1. The molecular weight excluding hydrogens is 680 g/mol. The van der Waals surface area contributed by atoms with Crippen molar-refractivity contribution < 1.29 is 33.1 Å². The van der Waals surface area contributed by atoms with Crippen molar-refractivity contribution in [1.82, 2.24) is 10.1 Å². The molecule has 1 N–H and O–H groups in total. The molecule has 0 bridgehead atoms. The van der Waals surface area contributed by atoms with Gasteiger partial charge in [-0.1, -0.05) is 67.0 Å². The highest BCUT2D eigenvalue weighted by atomic mass is 79.9. The molecule has 3 aliphatic rings. The zero-order valence-electron chi connectivity index (χ0n) is 28.5. The van der Waals surface area contributed by atoms with Crippen molar-refractivity contribution in [2.45, 2.75) is 76.9 Å². The fourth-order valence-corrected chi connectivity index (χ4v) is 9.18.